The van der Waals surface area contributed by atoms with Crippen molar-refractivity contribution >= 4 is 17.9 Å². The number of aliphatic carboxylic acids is 1. The van der Waals surface area contributed by atoms with Gasteiger partial charge in [0, 0.05) is 19.6 Å². The second-order valence-corrected chi connectivity index (χ2v) is 4.79. The van der Waals surface area contributed by atoms with Gasteiger partial charge in [0.25, 0.3) is 0 Å². The highest BCUT2D eigenvalue weighted by Crippen LogP contribution is 2.04. The Bertz CT molecular complexity index is 374. The fourth-order valence-electron chi connectivity index (χ4n) is 2.05. The molecule has 0 aromatic heterocycles. The van der Waals surface area contributed by atoms with Crippen molar-refractivity contribution in [2.75, 3.05) is 45.9 Å². The number of nitrogens with zero attached hydrogens (tertiary/aromatic N) is 2. The van der Waals surface area contributed by atoms with Gasteiger partial charge in [0.05, 0.1) is 12.7 Å². The first-order valence-electron chi connectivity index (χ1n) is 6.79. The summed E-state index contributed by atoms with van der Waals surface area (Å²) in [5, 5.41) is 11.3. The molecule has 0 spiro atoms. The number of hydrogen-bond acceptors (Lipinski definition) is 5. The van der Waals surface area contributed by atoms with E-state index in [4.69, 9.17) is 15.6 Å². The van der Waals surface area contributed by atoms with Crippen molar-refractivity contribution in [2.45, 2.75) is 13.0 Å². The highest BCUT2D eigenvalue weighted by atomic mass is 16.5. The smallest absolute Gasteiger partial charge is 0.323 e. The van der Waals surface area contributed by atoms with Crippen molar-refractivity contribution in [1.82, 2.24) is 15.1 Å². The van der Waals surface area contributed by atoms with E-state index in [1.165, 1.54) is 0 Å². The number of carboxylic acid groups (broad SMARTS) is 1. The lowest BCUT2D eigenvalue weighted by molar-refractivity contribution is -0.137. The van der Waals surface area contributed by atoms with Gasteiger partial charge in [-0.3, -0.25) is 14.5 Å². The van der Waals surface area contributed by atoms with Crippen LogP contribution in [-0.2, 0) is 14.3 Å². The van der Waals surface area contributed by atoms with Gasteiger partial charge in [0.1, 0.15) is 13.1 Å². The van der Waals surface area contributed by atoms with Crippen molar-refractivity contribution < 1.29 is 24.2 Å². The zero-order chi connectivity index (χ0) is 15.8. The lowest BCUT2D eigenvalue weighted by Crippen LogP contribution is -2.51. The lowest BCUT2D eigenvalue weighted by Gasteiger charge is -2.32. The molecule has 0 aliphatic carbocycles. The van der Waals surface area contributed by atoms with Crippen LogP contribution < -0.4 is 11.1 Å². The summed E-state index contributed by atoms with van der Waals surface area (Å²) in [5.74, 6) is -1.98. The van der Waals surface area contributed by atoms with Gasteiger partial charge in [0.15, 0.2) is 0 Å². The molecule has 0 aromatic carbocycles. The molecular weight excluding hydrogens is 280 g/mol. The normalized spacial score (nSPS) is 19.0. The van der Waals surface area contributed by atoms with Crippen LogP contribution in [0.5, 0.6) is 0 Å². The van der Waals surface area contributed by atoms with Crippen LogP contribution in [-0.4, -0.2) is 84.8 Å². The van der Waals surface area contributed by atoms with Gasteiger partial charge in [-0.15, -0.1) is 0 Å². The number of morpholine rings is 1. The van der Waals surface area contributed by atoms with Crippen molar-refractivity contribution in [3.63, 3.8) is 0 Å². The van der Waals surface area contributed by atoms with Crippen LogP contribution in [0.3, 0.4) is 0 Å². The molecule has 1 heterocycles. The Morgan fingerprint density at radius 2 is 2.14 bits per heavy atom. The van der Waals surface area contributed by atoms with Crippen molar-refractivity contribution in [3.05, 3.63) is 0 Å². The molecule has 4 N–H and O–H groups in total. The predicted octanol–water partition coefficient (Wildman–Crippen LogP) is -1.71. The topological polar surface area (TPSA) is 125 Å². The molecule has 3 amide bonds. The van der Waals surface area contributed by atoms with Crippen LogP contribution in [0.1, 0.15) is 6.92 Å². The maximum absolute atomic E-state index is 11.9. The molecule has 0 aromatic rings. The maximum atomic E-state index is 11.9. The number of ether oxygens (including phenoxy) is 1. The Morgan fingerprint density at radius 3 is 2.71 bits per heavy atom. The summed E-state index contributed by atoms with van der Waals surface area (Å²) in [5.41, 5.74) is 5.00. The second-order valence-electron chi connectivity index (χ2n) is 4.79. The minimum atomic E-state index is -1.21. The number of carboxylic acids is 1. The Balaban J connectivity index is 2.45. The number of rotatable bonds is 7. The summed E-state index contributed by atoms with van der Waals surface area (Å²) in [6.45, 7) is 4.33. The van der Waals surface area contributed by atoms with E-state index >= 15 is 0 Å². The third-order valence-electron chi connectivity index (χ3n) is 3.11. The second kappa shape index (κ2) is 8.42. The van der Waals surface area contributed by atoms with Crippen LogP contribution in [0.4, 0.5) is 4.79 Å². The number of nitrogens with one attached hydrogen (secondary N) is 1. The van der Waals surface area contributed by atoms with E-state index in [1.807, 2.05) is 6.92 Å². The molecule has 1 atom stereocenters. The average molecular weight is 302 g/mol. The summed E-state index contributed by atoms with van der Waals surface area (Å²) in [6.07, 6.45) is -0.150. The van der Waals surface area contributed by atoms with Crippen molar-refractivity contribution in [2.24, 2.45) is 5.73 Å². The van der Waals surface area contributed by atoms with E-state index in [9.17, 15) is 14.4 Å². The first kappa shape index (κ1) is 17.2. The fraction of sp³-hybridized carbons (Fsp3) is 0.750. The number of carbonyl (C=O) groups excluding carboxylic acids is 2. The van der Waals surface area contributed by atoms with Crippen LogP contribution >= 0.6 is 0 Å². The molecule has 21 heavy (non-hydrogen) atoms. The van der Waals surface area contributed by atoms with Crippen LogP contribution in [0.2, 0.25) is 0 Å². The number of primary amides is 1. The van der Waals surface area contributed by atoms with Crippen molar-refractivity contribution in [1.29, 1.82) is 0 Å². The number of nitrogens with two attached hydrogens (primary N) is 1. The first-order chi connectivity index (χ1) is 9.92. The third-order valence-corrected chi connectivity index (χ3v) is 3.11. The zero-order valence-corrected chi connectivity index (χ0v) is 12.1. The molecule has 1 fully saturated rings. The van der Waals surface area contributed by atoms with Crippen LogP contribution in [0.15, 0.2) is 0 Å². The van der Waals surface area contributed by atoms with Crippen LogP contribution in [0, 0.1) is 0 Å². The summed E-state index contributed by atoms with van der Waals surface area (Å²) >= 11 is 0. The van der Waals surface area contributed by atoms with Crippen molar-refractivity contribution in [3.8, 4) is 0 Å². The quantitative estimate of drug-likeness (QED) is 0.514. The monoisotopic (exact) mass is 302 g/mol. The maximum Gasteiger partial charge on any atom is 0.323 e. The first-order valence-corrected chi connectivity index (χ1v) is 6.79. The minimum absolute atomic E-state index is 0.150. The van der Waals surface area contributed by atoms with E-state index < -0.39 is 31.0 Å². The summed E-state index contributed by atoms with van der Waals surface area (Å²) in [4.78, 5) is 36.5. The number of hydrogen-bond donors (Lipinski definition) is 3. The zero-order valence-electron chi connectivity index (χ0n) is 12.1. The van der Waals surface area contributed by atoms with Gasteiger partial charge >= 0.3 is 12.0 Å². The number of carbonyl (C=O) groups is 3. The minimum Gasteiger partial charge on any atom is -0.480 e. The van der Waals surface area contributed by atoms with E-state index in [-0.39, 0.29) is 12.6 Å². The van der Waals surface area contributed by atoms with Gasteiger partial charge < -0.3 is 25.8 Å². The molecular formula is C12H22N4O5. The average Bonchev–Trinajstić information content (AvgIpc) is 2.43. The molecule has 1 aliphatic rings. The summed E-state index contributed by atoms with van der Waals surface area (Å²) in [7, 11) is 0. The van der Waals surface area contributed by atoms with Crippen LogP contribution in [0.25, 0.3) is 0 Å². The largest absolute Gasteiger partial charge is 0.480 e. The lowest BCUT2D eigenvalue weighted by atomic mass is 10.2. The summed E-state index contributed by atoms with van der Waals surface area (Å²) < 4.78 is 5.52. The molecule has 1 saturated heterocycles. The number of amides is 3. The van der Waals surface area contributed by atoms with E-state index in [0.29, 0.717) is 13.2 Å². The Labute approximate surface area is 123 Å². The number of likely N-dealkylation sites (N-methyl/N-ethyl adjacent to an activating group) is 1. The molecule has 120 valence electrons. The van der Waals surface area contributed by atoms with Gasteiger partial charge in [0.2, 0.25) is 5.91 Å². The van der Waals surface area contributed by atoms with E-state index in [1.54, 1.807) is 0 Å². The summed E-state index contributed by atoms with van der Waals surface area (Å²) in [6, 6.07) is -0.645. The molecule has 0 bridgehead atoms. The SMILES string of the molecule is CCN1CCOC(CNC(=O)N(CC(N)=O)CC(=O)O)C1. The molecule has 0 saturated carbocycles. The highest BCUT2D eigenvalue weighted by Gasteiger charge is 2.22. The standard InChI is InChI=1S/C12H22N4O5/c1-2-15-3-4-21-9(6-15)5-14-12(20)16(7-10(13)17)8-11(18)19/h9H,2-8H2,1H3,(H2,13,17)(H,14,20)(H,18,19). The number of urea groups is 1. The molecule has 9 heteroatoms. The molecule has 1 aliphatic heterocycles. The molecule has 1 rings (SSSR count). The third kappa shape index (κ3) is 6.41. The molecule has 0 radical (unpaired) electrons. The van der Waals surface area contributed by atoms with Gasteiger partial charge in [-0.1, -0.05) is 6.92 Å². The van der Waals surface area contributed by atoms with E-state index in [0.717, 1.165) is 18.0 Å². The van der Waals surface area contributed by atoms with Gasteiger partial charge in [-0.2, -0.15) is 0 Å². The molecule has 1 unspecified atom stereocenters. The van der Waals surface area contributed by atoms with Gasteiger partial charge in [-0.25, -0.2) is 4.79 Å². The predicted molar refractivity (Wildman–Crippen MR) is 73.7 cm³/mol. The molecule has 9 nitrogen and oxygen atoms in total. The fourth-order valence-corrected chi connectivity index (χ4v) is 2.05. The Kier molecular flexibility index (Phi) is 6.89. The van der Waals surface area contributed by atoms with Gasteiger partial charge in [-0.05, 0) is 6.54 Å². The van der Waals surface area contributed by atoms with E-state index in [2.05, 4.69) is 10.2 Å². The Hall–Kier alpha value is -1.87. The Morgan fingerprint density at radius 1 is 1.43 bits per heavy atom. The highest BCUT2D eigenvalue weighted by molar-refractivity contribution is 5.85.